The second kappa shape index (κ2) is 8.55. The van der Waals surface area contributed by atoms with E-state index in [1.165, 1.54) is 16.6 Å². The van der Waals surface area contributed by atoms with Crippen LogP contribution in [-0.2, 0) is 15.9 Å². The van der Waals surface area contributed by atoms with Crippen LogP contribution in [0.4, 0.5) is 5.69 Å². The molecule has 0 aliphatic carbocycles. The minimum Gasteiger partial charge on any atom is -0.383 e. The molecule has 2 atom stereocenters. The Bertz CT molecular complexity index is 767. The number of anilines is 1. The van der Waals surface area contributed by atoms with E-state index in [1.807, 2.05) is 0 Å². The van der Waals surface area contributed by atoms with E-state index in [2.05, 4.69) is 48.3 Å². The van der Waals surface area contributed by atoms with Crippen molar-refractivity contribution in [3.8, 4) is 0 Å². The highest BCUT2D eigenvalue weighted by Gasteiger charge is 2.31. The maximum absolute atomic E-state index is 5.72. The highest BCUT2D eigenvalue weighted by atomic mass is 16.5. The molecule has 5 heteroatoms. The number of morpholine rings is 1. The normalized spacial score (nSPS) is 22.2. The molecule has 0 saturated carbocycles. The Hall–Kier alpha value is -1.69. The van der Waals surface area contributed by atoms with Gasteiger partial charge in [0.2, 0.25) is 0 Å². The number of aryl methyl sites for hydroxylation is 1. The van der Waals surface area contributed by atoms with E-state index >= 15 is 0 Å². The number of rotatable bonds is 6. The Balaban J connectivity index is 1.61. The van der Waals surface area contributed by atoms with Crippen molar-refractivity contribution >= 4 is 16.6 Å². The number of nitrogens with zero attached hydrogens (tertiary/aromatic N) is 2. The number of fused-ring (bicyclic) bond motifs is 1. The fraction of sp³-hybridized carbons (Fsp3) is 0.591. The van der Waals surface area contributed by atoms with Crippen molar-refractivity contribution < 1.29 is 9.47 Å². The molecule has 4 rings (SSSR count). The zero-order chi connectivity index (χ0) is 18.6. The summed E-state index contributed by atoms with van der Waals surface area (Å²) in [6.45, 7) is 10.7. The average molecular weight is 370 g/mol. The molecule has 2 fully saturated rings. The first-order valence-electron chi connectivity index (χ1n) is 10.3. The van der Waals surface area contributed by atoms with Crippen LogP contribution in [0, 0.1) is 12.8 Å². The van der Waals surface area contributed by atoms with Gasteiger partial charge in [0.05, 0.1) is 25.3 Å². The van der Waals surface area contributed by atoms with Crippen LogP contribution in [-0.4, -0.2) is 62.0 Å². The molecule has 5 nitrogen and oxygen atoms in total. The number of hydrogen-bond acceptors (Lipinski definition) is 5. The molecule has 146 valence electrons. The lowest BCUT2D eigenvalue weighted by atomic mass is 9.96. The summed E-state index contributed by atoms with van der Waals surface area (Å²) in [7, 11) is 0. The number of nitrogens with one attached hydrogen (secondary N) is 1. The van der Waals surface area contributed by atoms with Crippen molar-refractivity contribution in [1.82, 2.24) is 9.88 Å². The highest BCUT2D eigenvalue weighted by molar-refractivity contribution is 5.93. The zero-order valence-corrected chi connectivity index (χ0v) is 16.5. The Kier molecular flexibility index (Phi) is 5.91. The van der Waals surface area contributed by atoms with Gasteiger partial charge in [0.15, 0.2) is 0 Å². The monoisotopic (exact) mass is 369 g/mol. The first-order valence-corrected chi connectivity index (χ1v) is 10.3. The number of aromatic nitrogens is 1. The van der Waals surface area contributed by atoms with Gasteiger partial charge in [0, 0.05) is 55.0 Å². The van der Waals surface area contributed by atoms with E-state index < -0.39 is 0 Å². The predicted octanol–water partition coefficient (Wildman–Crippen LogP) is 3.25. The minimum atomic E-state index is 0.480. The fourth-order valence-corrected chi connectivity index (χ4v) is 4.57. The van der Waals surface area contributed by atoms with E-state index in [-0.39, 0.29) is 0 Å². The van der Waals surface area contributed by atoms with Crippen molar-refractivity contribution in [1.29, 1.82) is 0 Å². The van der Waals surface area contributed by atoms with Crippen LogP contribution in [0.1, 0.15) is 24.6 Å². The topological polar surface area (TPSA) is 46.6 Å². The van der Waals surface area contributed by atoms with Gasteiger partial charge in [-0.25, -0.2) is 0 Å². The standard InChI is InChI=1S/C22H31N3O2/c1-3-18-16(2)24-20-7-5-4-6-19(20)22(18)23-14-21(17-8-11-27-15-17)25-9-12-26-13-10-25/h4-7,17,21H,3,8-15H2,1-2H3,(H,23,24). The maximum atomic E-state index is 5.72. The lowest BCUT2D eigenvalue weighted by Crippen LogP contribution is -2.50. The molecule has 2 aliphatic rings. The molecule has 0 spiro atoms. The molecule has 1 aromatic carbocycles. The first-order chi connectivity index (χ1) is 13.3. The van der Waals surface area contributed by atoms with Crippen molar-refractivity contribution in [3.05, 3.63) is 35.5 Å². The van der Waals surface area contributed by atoms with Gasteiger partial charge in [0.25, 0.3) is 0 Å². The molecule has 1 aromatic heterocycles. The smallest absolute Gasteiger partial charge is 0.0726 e. The Morgan fingerprint density at radius 3 is 2.74 bits per heavy atom. The van der Waals surface area contributed by atoms with Crippen LogP contribution in [0.3, 0.4) is 0 Å². The van der Waals surface area contributed by atoms with E-state index in [1.54, 1.807) is 0 Å². The molecule has 27 heavy (non-hydrogen) atoms. The van der Waals surface area contributed by atoms with Gasteiger partial charge < -0.3 is 14.8 Å². The van der Waals surface area contributed by atoms with Gasteiger partial charge in [-0.2, -0.15) is 0 Å². The number of hydrogen-bond donors (Lipinski definition) is 1. The molecule has 2 aliphatic heterocycles. The van der Waals surface area contributed by atoms with Gasteiger partial charge >= 0.3 is 0 Å². The summed E-state index contributed by atoms with van der Waals surface area (Å²) < 4.78 is 11.3. The molecule has 1 N–H and O–H groups in total. The maximum Gasteiger partial charge on any atom is 0.0726 e. The van der Waals surface area contributed by atoms with Gasteiger partial charge in [-0.3, -0.25) is 9.88 Å². The van der Waals surface area contributed by atoms with E-state index in [0.29, 0.717) is 12.0 Å². The van der Waals surface area contributed by atoms with Crippen molar-refractivity contribution in [2.24, 2.45) is 5.92 Å². The highest BCUT2D eigenvalue weighted by Crippen LogP contribution is 2.30. The van der Waals surface area contributed by atoms with Crippen molar-refractivity contribution in [2.45, 2.75) is 32.7 Å². The SMILES string of the molecule is CCc1c(C)nc2ccccc2c1NCC(C1CCOC1)N1CCOCC1. The van der Waals surface area contributed by atoms with Crippen LogP contribution >= 0.6 is 0 Å². The molecule has 3 heterocycles. The van der Waals surface area contributed by atoms with Crippen LogP contribution < -0.4 is 5.32 Å². The third kappa shape index (κ3) is 3.96. The van der Waals surface area contributed by atoms with Crippen molar-refractivity contribution in [2.75, 3.05) is 51.4 Å². The number of benzene rings is 1. The van der Waals surface area contributed by atoms with E-state index in [0.717, 1.165) is 70.1 Å². The lowest BCUT2D eigenvalue weighted by molar-refractivity contribution is 0.00462. The zero-order valence-electron chi connectivity index (χ0n) is 16.5. The molecule has 0 bridgehead atoms. The second-order valence-corrected chi connectivity index (χ2v) is 7.64. The van der Waals surface area contributed by atoms with Gasteiger partial charge in [-0.1, -0.05) is 25.1 Å². The molecule has 2 unspecified atom stereocenters. The number of pyridine rings is 1. The Morgan fingerprint density at radius 2 is 2.00 bits per heavy atom. The summed E-state index contributed by atoms with van der Waals surface area (Å²) in [6.07, 6.45) is 2.14. The Morgan fingerprint density at radius 1 is 1.19 bits per heavy atom. The lowest BCUT2D eigenvalue weighted by Gasteiger charge is -2.38. The van der Waals surface area contributed by atoms with Gasteiger partial charge in [-0.15, -0.1) is 0 Å². The fourth-order valence-electron chi connectivity index (χ4n) is 4.57. The third-order valence-corrected chi connectivity index (χ3v) is 6.07. The summed E-state index contributed by atoms with van der Waals surface area (Å²) in [5.41, 5.74) is 4.79. The summed E-state index contributed by atoms with van der Waals surface area (Å²) >= 11 is 0. The molecular formula is C22H31N3O2. The second-order valence-electron chi connectivity index (χ2n) is 7.64. The Labute approximate surface area is 162 Å². The molecule has 2 saturated heterocycles. The van der Waals surface area contributed by atoms with E-state index in [9.17, 15) is 0 Å². The number of ether oxygens (including phenoxy) is 2. The average Bonchev–Trinajstić information content (AvgIpc) is 3.23. The minimum absolute atomic E-state index is 0.480. The molecule has 0 amide bonds. The summed E-state index contributed by atoms with van der Waals surface area (Å²) in [5.74, 6) is 0.592. The number of para-hydroxylation sites is 1. The molecule has 2 aromatic rings. The quantitative estimate of drug-likeness (QED) is 0.847. The van der Waals surface area contributed by atoms with Crippen LogP contribution in [0.2, 0.25) is 0 Å². The third-order valence-electron chi connectivity index (χ3n) is 6.07. The predicted molar refractivity (Wildman–Crippen MR) is 109 cm³/mol. The van der Waals surface area contributed by atoms with Crippen LogP contribution in [0.25, 0.3) is 10.9 Å². The van der Waals surface area contributed by atoms with Crippen LogP contribution in [0.15, 0.2) is 24.3 Å². The van der Waals surface area contributed by atoms with Crippen LogP contribution in [0.5, 0.6) is 0 Å². The molecular weight excluding hydrogens is 338 g/mol. The first kappa shape index (κ1) is 18.7. The summed E-state index contributed by atoms with van der Waals surface area (Å²) in [5, 5.41) is 5.07. The summed E-state index contributed by atoms with van der Waals surface area (Å²) in [6, 6.07) is 8.95. The van der Waals surface area contributed by atoms with Crippen molar-refractivity contribution in [3.63, 3.8) is 0 Å². The molecule has 0 radical (unpaired) electrons. The van der Waals surface area contributed by atoms with E-state index in [4.69, 9.17) is 14.5 Å². The summed E-state index contributed by atoms with van der Waals surface area (Å²) in [4.78, 5) is 7.41. The largest absolute Gasteiger partial charge is 0.383 e. The van der Waals surface area contributed by atoms with Gasteiger partial charge in [0.1, 0.15) is 0 Å². The van der Waals surface area contributed by atoms with Gasteiger partial charge in [-0.05, 0) is 31.4 Å².